The lowest BCUT2D eigenvalue weighted by Gasteiger charge is -2.14. The van der Waals surface area contributed by atoms with Crippen molar-refractivity contribution in [3.8, 4) is 0 Å². The van der Waals surface area contributed by atoms with Crippen LogP contribution >= 0.6 is 0 Å². The topological polar surface area (TPSA) is 24.9 Å². The monoisotopic (exact) mass is 226 g/mol. The van der Waals surface area contributed by atoms with E-state index in [1.165, 1.54) is 5.56 Å². The Hall–Kier alpha value is -1.83. The van der Waals surface area contributed by atoms with Crippen molar-refractivity contribution < 1.29 is 0 Å². The zero-order valence-electron chi connectivity index (χ0n) is 10.4. The summed E-state index contributed by atoms with van der Waals surface area (Å²) < 4.78 is 0. The van der Waals surface area contributed by atoms with Gasteiger partial charge in [-0.3, -0.25) is 4.98 Å². The fourth-order valence-corrected chi connectivity index (χ4v) is 1.83. The number of anilines is 1. The standard InChI is InChI=1S/C15H18N2/c1-12(14-7-4-3-5-8-14)11-17-15-9-6-10-16-13(15)2/h3-10,12,17H,11H2,1-2H3. The van der Waals surface area contributed by atoms with E-state index in [4.69, 9.17) is 0 Å². The third kappa shape index (κ3) is 3.06. The summed E-state index contributed by atoms with van der Waals surface area (Å²) >= 11 is 0. The maximum Gasteiger partial charge on any atom is 0.0603 e. The van der Waals surface area contributed by atoms with Gasteiger partial charge >= 0.3 is 0 Å². The molecule has 0 saturated carbocycles. The molecule has 1 unspecified atom stereocenters. The van der Waals surface area contributed by atoms with Crippen LogP contribution in [0.1, 0.15) is 24.1 Å². The summed E-state index contributed by atoms with van der Waals surface area (Å²) in [7, 11) is 0. The van der Waals surface area contributed by atoms with E-state index in [0.29, 0.717) is 5.92 Å². The number of nitrogens with zero attached hydrogens (tertiary/aromatic N) is 1. The molecule has 2 aromatic rings. The fraction of sp³-hybridized carbons (Fsp3) is 0.267. The number of benzene rings is 1. The predicted octanol–water partition coefficient (Wildman–Crippen LogP) is 3.61. The van der Waals surface area contributed by atoms with Gasteiger partial charge < -0.3 is 5.32 Å². The van der Waals surface area contributed by atoms with Gasteiger partial charge in [-0.1, -0.05) is 37.3 Å². The molecule has 0 aliphatic heterocycles. The summed E-state index contributed by atoms with van der Waals surface area (Å²) in [6, 6.07) is 14.6. The highest BCUT2D eigenvalue weighted by molar-refractivity contribution is 5.47. The predicted molar refractivity (Wildman–Crippen MR) is 72.3 cm³/mol. The van der Waals surface area contributed by atoms with Gasteiger partial charge in [-0.15, -0.1) is 0 Å². The Labute approximate surface area is 103 Å². The number of rotatable bonds is 4. The van der Waals surface area contributed by atoms with Crippen molar-refractivity contribution in [1.29, 1.82) is 0 Å². The molecule has 0 bridgehead atoms. The van der Waals surface area contributed by atoms with Gasteiger partial charge in [-0.05, 0) is 30.5 Å². The van der Waals surface area contributed by atoms with Gasteiger partial charge in [0, 0.05) is 12.7 Å². The van der Waals surface area contributed by atoms with E-state index in [9.17, 15) is 0 Å². The van der Waals surface area contributed by atoms with Crippen LogP contribution in [0.2, 0.25) is 0 Å². The van der Waals surface area contributed by atoms with Gasteiger partial charge in [0.05, 0.1) is 11.4 Å². The molecule has 1 aromatic heterocycles. The SMILES string of the molecule is Cc1ncccc1NCC(C)c1ccccc1. The molecule has 0 radical (unpaired) electrons. The maximum absolute atomic E-state index is 4.27. The van der Waals surface area contributed by atoms with E-state index in [1.54, 1.807) is 0 Å². The van der Waals surface area contributed by atoms with Gasteiger partial charge in [0.1, 0.15) is 0 Å². The van der Waals surface area contributed by atoms with E-state index in [2.05, 4.69) is 53.6 Å². The molecule has 1 N–H and O–H groups in total. The zero-order chi connectivity index (χ0) is 12.1. The molecule has 0 amide bonds. The van der Waals surface area contributed by atoms with Crippen LogP contribution in [-0.4, -0.2) is 11.5 Å². The number of nitrogens with one attached hydrogen (secondary N) is 1. The number of aromatic nitrogens is 1. The summed E-state index contributed by atoms with van der Waals surface area (Å²) in [4.78, 5) is 4.27. The quantitative estimate of drug-likeness (QED) is 0.861. The van der Waals surface area contributed by atoms with Crippen molar-refractivity contribution in [3.05, 3.63) is 59.9 Å². The van der Waals surface area contributed by atoms with Crippen LogP contribution in [0.3, 0.4) is 0 Å². The zero-order valence-corrected chi connectivity index (χ0v) is 10.4. The largest absolute Gasteiger partial charge is 0.383 e. The second-order valence-corrected chi connectivity index (χ2v) is 4.33. The van der Waals surface area contributed by atoms with Crippen LogP contribution in [0, 0.1) is 6.92 Å². The minimum atomic E-state index is 0.496. The second kappa shape index (κ2) is 5.48. The van der Waals surface area contributed by atoms with Gasteiger partial charge in [-0.2, -0.15) is 0 Å². The Bertz CT molecular complexity index is 465. The summed E-state index contributed by atoms with van der Waals surface area (Å²) in [5.74, 6) is 0.496. The summed E-state index contributed by atoms with van der Waals surface area (Å²) in [6.07, 6.45) is 1.82. The molecule has 0 saturated heterocycles. The Morgan fingerprint density at radius 1 is 1.12 bits per heavy atom. The van der Waals surface area contributed by atoms with E-state index >= 15 is 0 Å². The first kappa shape index (κ1) is 11.6. The summed E-state index contributed by atoms with van der Waals surface area (Å²) in [5, 5.41) is 3.45. The maximum atomic E-state index is 4.27. The molecule has 1 heterocycles. The normalized spacial score (nSPS) is 12.1. The summed E-state index contributed by atoms with van der Waals surface area (Å²) in [6.45, 7) is 5.18. The molecule has 17 heavy (non-hydrogen) atoms. The van der Waals surface area contributed by atoms with Crippen molar-refractivity contribution in [2.24, 2.45) is 0 Å². The average Bonchev–Trinajstić information content (AvgIpc) is 2.38. The molecule has 88 valence electrons. The highest BCUT2D eigenvalue weighted by atomic mass is 14.9. The Kier molecular flexibility index (Phi) is 3.76. The van der Waals surface area contributed by atoms with Gasteiger partial charge in [0.25, 0.3) is 0 Å². The first-order chi connectivity index (χ1) is 8.27. The molecule has 0 aliphatic rings. The summed E-state index contributed by atoms with van der Waals surface area (Å²) in [5.41, 5.74) is 3.53. The van der Waals surface area contributed by atoms with Crippen LogP contribution in [0.15, 0.2) is 48.7 Å². The lowest BCUT2D eigenvalue weighted by atomic mass is 10.0. The van der Waals surface area contributed by atoms with Crippen molar-refractivity contribution in [2.75, 3.05) is 11.9 Å². The molecule has 2 nitrogen and oxygen atoms in total. The lowest BCUT2D eigenvalue weighted by Crippen LogP contribution is -2.10. The van der Waals surface area contributed by atoms with Crippen LogP contribution < -0.4 is 5.32 Å². The Balaban J connectivity index is 1.97. The van der Waals surface area contributed by atoms with Crippen LogP contribution in [0.25, 0.3) is 0 Å². The van der Waals surface area contributed by atoms with Crippen LogP contribution in [0.5, 0.6) is 0 Å². The average molecular weight is 226 g/mol. The van der Waals surface area contributed by atoms with Crippen molar-refractivity contribution in [2.45, 2.75) is 19.8 Å². The third-order valence-corrected chi connectivity index (χ3v) is 2.97. The number of aryl methyl sites for hydroxylation is 1. The molecule has 0 aliphatic carbocycles. The van der Waals surface area contributed by atoms with E-state index in [0.717, 1.165) is 17.9 Å². The lowest BCUT2D eigenvalue weighted by molar-refractivity contribution is 0.803. The van der Waals surface area contributed by atoms with Crippen LogP contribution in [0.4, 0.5) is 5.69 Å². The Morgan fingerprint density at radius 3 is 2.59 bits per heavy atom. The highest BCUT2D eigenvalue weighted by Crippen LogP contribution is 2.17. The number of hydrogen-bond acceptors (Lipinski definition) is 2. The molecule has 0 spiro atoms. The van der Waals surface area contributed by atoms with Gasteiger partial charge in [0.15, 0.2) is 0 Å². The molecule has 0 fully saturated rings. The van der Waals surface area contributed by atoms with E-state index in [-0.39, 0.29) is 0 Å². The first-order valence-corrected chi connectivity index (χ1v) is 5.98. The fourth-order valence-electron chi connectivity index (χ4n) is 1.83. The van der Waals surface area contributed by atoms with Gasteiger partial charge in [0.2, 0.25) is 0 Å². The smallest absolute Gasteiger partial charge is 0.0603 e. The third-order valence-electron chi connectivity index (χ3n) is 2.97. The van der Waals surface area contributed by atoms with Crippen molar-refractivity contribution in [1.82, 2.24) is 4.98 Å². The second-order valence-electron chi connectivity index (χ2n) is 4.33. The number of pyridine rings is 1. The molecule has 2 heteroatoms. The van der Waals surface area contributed by atoms with Crippen molar-refractivity contribution in [3.63, 3.8) is 0 Å². The molecular weight excluding hydrogens is 208 g/mol. The number of hydrogen-bond donors (Lipinski definition) is 1. The Morgan fingerprint density at radius 2 is 1.88 bits per heavy atom. The van der Waals surface area contributed by atoms with E-state index in [1.807, 2.05) is 19.2 Å². The minimum Gasteiger partial charge on any atom is -0.383 e. The molecule has 1 atom stereocenters. The van der Waals surface area contributed by atoms with E-state index < -0.39 is 0 Å². The van der Waals surface area contributed by atoms with Gasteiger partial charge in [-0.25, -0.2) is 0 Å². The highest BCUT2D eigenvalue weighted by Gasteiger charge is 2.05. The minimum absolute atomic E-state index is 0.496. The van der Waals surface area contributed by atoms with Crippen LogP contribution in [-0.2, 0) is 0 Å². The molecule has 2 rings (SSSR count). The molecule has 1 aromatic carbocycles. The van der Waals surface area contributed by atoms with Crippen molar-refractivity contribution >= 4 is 5.69 Å². The molecular formula is C15H18N2. The first-order valence-electron chi connectivity index (χ1n) is 5.98.